The second-order valence-electron chi connectivity index (χ2n) is 5.62. The van der Waals surface area contributed by atoms with Crippen molar-refractivity contribution in [1.82, 2.24) is 5.32 Å². The van der Waals surface area contributed by atoms with Crippen molar-refractivity contribution in [3.63, 3.8) is 0 Å². The smallest absolute Gasteiger partial charge is 0.241 e. The number of hydrogen-bond acceptors (Lipinski definition) is 2. The van der Waals surface area contributed by atoms with Crippen molar-refractivity contribution in [2.24, 2.45) is 17.1 Å². The lowest BCUT2D eigenvalue weighted by molar-refractivity contribution is -0.122. The number of nitrogens with one attached hydrogen (secondary N) is 1. The highest BCUT2D eigenvalue weighted by Crippen LogP contribution is 2.51. The molecule has 1 aromatic carbocycles. The first kappa shape index (κ1) is 16.0. The molecule has 0 spiro atoms. The first-order valence-electron chi connectivity index (χ1n) is 6.63. The topological polar surface area (TPSA) is 55.1 Å². The summed E-state index contributed by atoms with van der Waals surface area (Å²) >= 11 is 0. The van der Waals surface area contributed by atoms with Crippen molar-refractivity contribution in [2.75, 3.05) is 6.54 Å². The molecule has 1 atom stereocenters. The summed E-state index contributed by atoms with van der Waals surface area (Å²) in [6.07, 6.45) is 2.43. The Hall–Kier alpha value is -1.06. The molecule has 3 N–H and O–H groups in total. The number of halogens is 1. The fraction of sp³-hybridized carbons (Fsp3) is 0.533. The van der Waals surface area contributed by atoms with Crippen LogP contribution in [0.3, 0.4) is 0 Å². The molecule has 0 aromatic heterocycles. The standard InChI is InChI=1S/C15H22N2O.ClH/c1-11(2)15(8-9-15)10-17-14(18)13(16)12-6-4-3-5-7-12;/h3-7,11,13H,8-10,16H2,1-2H3,(H,17,18);1H. The molecule has 1 aromatic rings. The van der Waals surface area contributed by atoms with E-state index >= 15 is 0 Å². The molecule has 2 rings (SSSR count). The average molecular weight is 283 g/mol. The Morgan fingerprint density at radius 1 is 1.32 bits per heavy atom. The molecule has 19 heavy (non-hydrogen) atoms. The third-order valence-electron chi connectivity index (χ3n) is 4.17. The molecule has 106 valence electrons. The SMILES string of the molecule is CC(C)C1(CNC(=O)C(N)c2ccccc2)CC1.Cl. The van der Waals surface area contributed by atoms with E-state index in [0.717, 1.165) is 12.1 Å². The Morgan fingerprint density at radius 2 is 1.89 bits per heavy atom. The molecule has 1 unspecified atom stereocenters. The lowest BCUT2D eigenvalue weighted by Gasteiger charge is -2.21. The van der Waals surface area contributed by atoms with Crippen LogP contribution in [-0.2, 0) is 4.79 Å². The van der Waals surface area contributed by atoms with E-state index in [1.807, 2.05) is 30.3 Å². The number of amides is 1. The van der Waals surface area contributed by atoms with Gasteiger partial charge in [-0.25, -0.2) is 0 Å². The van der Waals surface area contributed by atoms with Gasteiger partial charge in [-0.15, -0.1) is 12.4 Å². The Labute approximate surface area is 121 Å². The van der Waals surface area contributed by atoms with Crippen LogP contribution >= 0.6 is 12.4 Å². The summed E-state index contributed by atoms with van der Waals surface area (Å²) in [7, 11) is 0. The highest BCUT2D eigenvalue weighted by atomic mass is 35.5. The third-order valence-corrected chi connectivity index (χ3v) is 4.17. The van der Waals surface area contributed by atoms with Gasteiger partial charge >= 0.3 is 0 Å². The first-order valence-corrected chi connectivity index (χ1v) is 6.63. The van der Waals surface area contributed by atoms with Crippen molar-refractivity contribution in [2.45, 2.75) is 32.7 Å². The van der Waals surface area contributed by atoms with E-state index in [1.54, 1.807) is 0 Å². The van der Waals surface area contributed by atoms with E-state index < -0.39 is 6.04 Å². The van der Waals surface area contributed by atoms with Gasteiger partial charge in [0.05, 0.1) is 0 Å². The van der Waals surface area contributed by atoms with Gasteiger partial charge in [-0.05, 0) is 29.7 Å². The van der Waals surface area contributed by atoms with Crippen molar-refractivity contribution in [3.8, 4) is 0 Å². The summed E-state index contributed by atoms with van der Waals surface area (Å²) in [5.74, 6) is 0.541. The molecule has 0 heterocycles. The summed E-state index contributed by atoms with van der Waals surface area (Å²) in [6.45, 7) is 5.19. The molecule has 0 saturated heterocycles. The second-order valence-corrected chi connectivity index (χ2v) is 5.62. The van der Waals surface area contributed by atoms with Crippen LogP contribution in [0.5, 0.6) is 0 Å². The fourth-order valence-corrected chi connectivity index (χ4v) is 2.30. The fourth-order valence-electron chi connectivity index (χ4n) is 2.30. The van der Waals surface area contributed by atoms with Gasteiger partial charge in [0.2, 0.25) is 5.91 Å². The molecule has 4 heteroatoms. The Kier molecular flexibility index (Phi) is 5.39. The van der Waals surface area contributed by atoms with Gasteiger partial charge < -0.3 is 11.1 Å². The summed E-state index contributed by atoms with van der Waals surface area (Å²) in [5.41, 5.74) is 7.14. The van der Waals surface area contributed by atoms with E-state index in [9.17, 15) is 4.79 Å². The lowest BCUT2D eigenvalue weighted by Crippen LogP contribution is -2.38. The summed E-state index contributed by atoms with van der Waals surface area (Å²) in [4.78, 5) is 12.0. The number of nitrogens with two attached hydrogens (primary N) is 1. The maximum Gasteiger partial charge on any atom is 0.241 e. The monoisotopic (exact) mass is 282 g/mol. The quantitative estimate of drug-likeness (QED) is 0.872. The zero-order valence-electron chi connectivity index (χ0n) is 11.6. The largest absolute Gasteiger partial charge is 0.354 e. The number of carbonyl (C=O) groups is 1. The molecule has 1 aliphatic carbocycles. The molecule has 1 saturated carbocycles. The molecular weight excluding hydrogens is 260 g/mol. The van der Waals surface area contributed by atoms with Gasteiger partial charge in [0.25, 0.3) is 0 Å². The van der Waals surface area contributed by atoms with Crippen LogP contribution in [-0.4, -0.2) is 12.5 Å². The molecule has 1 amide bonds. The van der Waals surface area contributed by atoms with Gasteiger partial charge in [-0.1, -0.05) is 44.2 Å². The highest BCUT2D eigenvalue weighted by molar-refractivity contribution is 5.85. The molecule has 0 aliphatic heterocycles. The minimum atomic E-state index is -0.561. The van der Waals surface area contributed by atoms with E-state index in [4.69, 9.17) is 5.73 Å². The Bertz CT molecular complexity index is 415. The van der Waals surface area contributed by atoms with Crippen LogP contribution in [0.1, 0.15) is 38.3 Å². The first-order chi connectivity index (χ1) is 8.55. The van der Waals surface area contributed by atoms with E-state index in [2.05, 4.69) is 19.2 Å². The van der Waals surface area contributed by atoms with Crippen molar-refractivity contribution in [1.29, 1.82) is 0 Å². The van der Waals surface area contributed by atoms with Crippen LogP contribution in [0.2, 0.25) is 0 Å². The molecule has 0 bridgehead atoms. The van der Waals surface area contributed by atoms with Crippen molar-refractivity contribution >= 4 is 18.3 Å². The molecule has 1 fully saturated rings. The van der Waals surface area contributed by atoms with Crippen LogP contribution in [0.25, 0.3) is 0 Å². The Morgan fingerprint density at radius 3 is 2.37 bits per heavy atom. The second kappa shape index (κ2) is 6.40. The van der Waals surface area contributed by atoms with Crippen LogP contribution in [0, 0.1) is 11.3 Å². The average Bonchev–Trinajstić information content (AvgIpc) is 3.17. The van der Waals surface area contributed by atoms with Gasteiger partial charge in [0.1, 0.15) is 6.04 Å². The predicted octanol–water partition coefficient (Wildman–Crippen LogP) is 2.66. The molecule has 3 nitrogen and oxygen atoms in total. The molecule has 0 radical (unpaired) electrons. The van der Waals surface area contributed by atoms with Gasteiger partial charge in [-0.3, -0.25) is 4.79 Å². The number of carbonyl (C=O) groups excluding carboxylic acids is 1. The normalized spacial score (nSPS) is 17.5. The van der Waals surface area contributed by atoms with Crippen molar-refractivity contribution in [3.05, 3.63) is 35.9 Å². The van der Waals surface area contributed by atoms with Gasteiger partial charge in [0, 0.05) is 6.54 Å². The highest BCUT2D eigenvalue weighted by Gasteiger charge is 2.45. The van der Waals surface area contributed by atoms with Gasteiger partial charge in [0.15, 0.2) is 0 Å². The van der Waals surface area contributed by atoms with E-state index in [-0.39, 0.29) is 18.3 Å². The summed E-state index contributed by atoms with van der Waals surface area (Å²) in [6, 6.07) is 8.94. The van der Waals surface area contributed by atoms with Crippen molar-refractivity contribution < 1.29 is 4.79 Å². The number of rotatable bonds is 5. The number of benzene rings is 1. The minimum absolute atomic E-state index is 0. The summed E-state index contributed by atoms with van der Waals surface area (Å²) in [5, 5.41) is 3.00. The zero-order valence-corrected chi connectivity index (χ0v) is 12.4. The predicted molar refractivity (Wildman–Crippen MR) is 80.1 cm³/mol. The van der Waals surface area contributed by atoms with Gasteiger partial charge in [-0.2, -0.15) is 0 Å². The third kappa shape index (κ3) is 3.71. The minimum Gasteiger partial charge on any atom is -0.354 e. The molecular formula is C15H23ClN2O. The van der Waals surface area contributed by atoms with E-state index in [1.165, 1.54) is 12.8 Å². The maximum absolute atomic E-state index is 12.0. The summed E-state index contributed by atoms with van der Waals surface area (Å²) < 4.78 is 0. The zero-order chi connectivity index (χ0) is 13.2. The maximum atomic E-state index is 12.0. The van der Waals surface area contributed by atoms with E-state index in [0.29, 0.717) is 11.3 Å². The van der Waals surface area contributed by atoms with Crippen LogP contribution < -0.4 is 11.1 Å². The lowest BCUT2D eigenvalue weighted by atomic mass is 9.92. The Balaban J connectivity index is 0.00000180. The van der Waals surface area contributed by atoms with Crippen LogP contribution in [0.15, 0.2) is 30.3 Å². The van der Waals surface area contributed by atoms with Crippen LogP contribution in [0.4, 0.5) is 0 Å². The molecule has 1 aliphatic rings. The number of hydrogen-bond donors (Lipinski definition) is 2.